The average Bonchev–Trinajstić information content (AvgIpc) is 2.64. The van der Waals surface area contributed by atoms with E-state index < -0.39 is 0 Å². The standard InChI is InChI=1S/C20H19N3O2.ClH/c1-23-12-11-17(13-19(23)24)16-7-9-18(10-8-16)22-20(25)21-14-15-5-3-2-4-6-15;/h2-13H,14H2,1H3,(H2,21,22,25);1H. The molecule has 26 heavy (non-hydrogen) atoms. The van der Waals surface area contributed by atoms with E-state index in [0.29, 0.717) is 12.2 Å². The molecule has 2 amide bonds. The van der Waals surface area contributed by atoms with Crippen LogP contribution in [0.3, 0.4) is 0 Å². The number of nitrogens with one attached hydrogen (secondary N) is 2. The lowest BCUT2D eigenvalue weighted by Crippen LogP contribution is -2.28. The first-order chi connectivity index (χ1) is 12.1. The number of halogens is 1. The fourth-order valence-electron chi connectivity index (χ4n) is 2.43. The van der Waals surface area contributed by atoms with Gasteiger partial charge in [0.2, 0.25) is 0 Å². The van der Waals surface area contributed by atoms with Gasteiger partial charge in [-0.05, 0) is 34.9 Å². The molecule has 2 aromatic carbocycles. The van der Waals surface area contributed by atoms with Gasteiger partial charge < -0.3 is 15.2 Å². The van der Waals surface area contributed by atoms with Crippen molar-refractivity contribution in [2.24, 2.45) is 7.05 Å². The zero-order valence-corrected chi connectivity index (χ0v) is 15.1. The molecule has 0 aliphatic heterocycles. The van der Waals surface area contributed by atoms with E-state index in [1.54, 1.807) is 19.3 Å². The Bertz CT molecular complexity index is 922. The molecule has 3 aromatic rings. The summed E-state index contributed by atoms with van der Waals surface area (Å²) in [6.45, 7) is 0.470. The Balaban J connectivity index is 0.00000243. The van der Waals surface area contributed by atoms with Gasteiger partial charge in [-0.1, -0.05) is 42.5 Å². The maximum atomic E-state index is 12.0. The highest BCUT2D eigenvalue weighted by molar-refractivity contribution is 5.89. The summed E-state index contributed by atoms with van der Waals surface area (Å²) < 4.78 is 1.52. The van der Waals surface area contributed by atoms with Crippen LogP contribution in [0.25, 0.3) is 11.1 Å². The van der Waals surface area contributed by atoms with Crippen LogP contribution in [0, 0.1) is 0 Å². The largest absolute Gasteiger partial charge is 0.334 e. The van der Waals surface area contributed by atoms with Crippen molar-refractivity contribution in [3.8, 4) is 11.1 Å². The number of urea groups is 1. The molecule has 1 aromatic heterocycles. The zero-order valence-electron chi connectivity index (χ0n) is 14.3. The molecule has 0 spiro atoms. The molecule has 0 fully saturated rings. The van der Waals surface area contributed by atoms with Crippen molar-refractivity contribution in [1.29, 1.82) is 0 Å². The number of carbonyl (C=O) groups is 1. The number of rotatable bonds is 4. The third-order valence-corrected chi connectivity index (χ3v) is 3.88. The number of anilines is 1. The third kappa shape index (κ3) is 4.97. The number of hydrogen-bond donors (Lipinski definition) is 2. The fourth-order valence-corrected chi connectivity index (χ4v) is 2.43. The van der Waals surface area contributed by atoms with Crippen molar-refractivity contribution in [3.63, 3.8) is 0 Å². The van der Waals surface area contributed by atoms with Crippen molar-refractivity contribution in [2.45, 2.75) is 6.54 Å². The molecule has 0 unspecified atom stereocenters. The number of benzene rings is 2. The van der Waals surface area contributed by atoms with Crippen molar-refractivity contribution in [2.75, 3.05) is 5.32 Å². The maximum absolute atomic E-state index is 12.0. The Labute approximate surface area is 158 Å². The van der Waals surface area contributed by atoms with Crippen LogP contribution in [0.4, 0.5) is 10.5 Å². The normalized spacial score (nSPS) is 9.88. The molecule has 0 atom stereocenters. The Morgan fingerprint density at radius 1 is 0.962 bits per heavy atom. The minimum Gasteiger partial charge on any atom is -0.334 e. The molecular formula is C20H20ClN3O2. The summed E-state index contributed by atoms with van der Waals surface area (Å²) in [6, 6.07) is 20.3. The lowest BCUT2D eigenvalue weighted by Gasteiger charge is -2.09. The van der Waals surface area contributed by atoms with E-state index in [-0.39, 0.29) is 24.0 Å². The summed E-state index contributed by atoms with van der Waals surface area (Å²) >= 11 is 0. The number of aryl methyl sites for hydroxylation is 1. The number of hydrogen-bond acceptors (Lipinski definition) is 2. The molecular weight excluding hydrogens is 350 g/mol. The number of carbonyl (C=O) groups excluding carboxylic acids is 1. The highest BCUT2D eigenvalue weighted by atomic mass is 35.5. The van der Waals surface area contributed by atoms with Crippen LogP contribution >= 0.6 is 12.4 Å². The summed E-state index contributed by atoms with van der Waals surface area (Å²) in [6.07, 6.45) is 1.74. The number of nitrogens with zero attached hydrogens (tertiary/aromatic N) is 1. The van der Waals surface area contributed by atoms with Gasteiger partial charge in [-0.15, -0.1) is 12.4 Å². The third-order valence-electron chi connectivity index (χ3n) is 3.88. The summed E-state index contributed by atoms with van der Waals surface area (Å²) in [4.78, 5) is 23.7. The van der Waals surface area contributed by atoms with E-state index in [4.69, 9.17) is 0 Å². The van der Waals surface area contributed by atoms with E-state index in [1.807, 2.05) is 60.7 Å². The molecule has 1 heterocycles. The first-order valence-electron chi connectivity index (χ1n) is 7.98. The fraction of sp³-hybridized carbons (Fsp3) is 0.100. The average molecular weight is 370 g/mol. The van der Waals surface area contributed by atoms with Gasteiger partial charge in [0.25, 0.3) is 5.56 Å². The van der Waals surface area contributed by atoms with Crippen molar-refractivity contribution in [1.82, 2.24) is 9.88 Å². The Morgan fingerprint density at radius 2 is 1.65 bits per heavy atom. The van der Waals surface area contributed by atoms with E-state index in [9.17, 15) is 9.59 Å². The molecule has 5 nitrogen and oxygen atoms in total. The maximum Gasteiger partial charge on any atom is 0.319 e. The summed E-state index contributed by atoms with van der Waals surface area (Å²) in [5.74, 6) is 0. The monoisotopic (exact) mass is 369 g/mol. The summed E-state index contributed by atoms with van der Waals surface area (Å²) in [5, 5.41) is 5.61. The molecule has 6 heteroatoms. The van der Waals surface area contributed by atoms with Gasteiger partial charge >= 0.3 is 6.03 Å². The summed E-state index contributed by atoms with van der Waals surface area (Å²) in [7, 11) is 1.72. The van der Waals surface area contributed by atoms with Gasteiger partial charge in [-0.25, -0.2) is 4.79 Å². The first-order valence-corrected chi connectivity index (χ1v) is 7.98. The zero-order chi connectivity index (χ0) is 17.6. The minimum atomic E-state index is -0.259. The van der Waals surface area contributed by atoms with Gasteiger partial charge in [0.05, 0.1) is 0 Å². The Hall–Kier alpha value is -3.05. The van der Waals surface area contributed by atoms with E-state index in [1.165, 1.54) is 4.57 Å². The van der Waals surface area contributed by atoms with Gasteiger partial charge in [0.1, 0.15) is 0 Å². The quantitative estimate of drug-likeness (QED) is 0.734. The van der Waals surface area contributed by atoms with Crippen LogP contribution in [0.15, 0.2) is 77.7 Å². The second-order valence-electron chi connectivity index (χ2n) is 5.74. The van der Waals surface area contributed by atoms with Crippen LogP contribution in [-0.2, 0) is 13.6 Å². The number of aromatic nitrogens is 1. The van der Waals surface area contributed by atoms with Gasteiger partial charge in [0, 0.05) is 31.5 Å². The van der Waals surface area contributed by atoms with Crippen LogP contribution < -0.4 is 16.2 Å². The SMILES string of the molecule is Cl.Cn1ccc(-c2ccc(NC(=O)NCc3ccccc3)cc2)cc1=O. The highest BCUT2D eigenvalue weighted by Gasteiger charge is 2.03. The predicted octanol–water partition coefficient (Wildman–Crippen LogP) is 3.80. The lowest BCUT2D eigenvalue weighted by molar-refractivity contribution is 0.251. The molecule has 0 radical (unpaired) electrons. The molecule has 0 saturated carbocycles. The molecule has 2 N–H and O–H groups in total. The van der Waals surface area contributed by atoms with Crippen molar-refractivity contribution in [3.05, 3.63) is 88.8 Å². The van der Waals surface area contributed by atoms with E-state index >= 15 is 0 Å². The number of amides is 2. The van der Waals surface area contributed by atoms with Crippen LogP contribution in [-0.4, -0.2) is 10.6 Å². The minimum absolute atomic E-state index is 0. The van der Waals surface area contributed by atoms with Gasteiger partial charge in [-0.2, -0.15) is 0 Å². The lowest BCUT2D eigenvalue weighted by atomic mass is 10.1. The van der Waals surface area contributed by atoms with Crippen molar-refractivity contribution >= 4 is 24.1 Å². The molecule has 0 aliphatic rings. The summed E-state index contributed by atoms with van der Waals surface area (Å²) in [5.41, 5.74) is 3.45. The topological polar surface area (TPSA) is 63.1 Å². The number of pyridine rings is 1. The smallest absolute Gasteiger partial charge is 0.319 e. The molecule has 0 bridgehead atoms. The Morgan fingerprint density at radius 3 is 2.31 bits per heavy atom. The van der Waals surface area contributed by atoms with Crippen LogP contribution in [0.2, 0.25) is 0 Å². The highest BCUT2D eigenvalue weighted by Crippen LogP contribution is 2.19. The van der Waals surface area contributed by atoms with Crippen molar-refractivity contribution < 1.29 is 4.79 Å². The van der Waals surface area contributed by atoms with Crippen LogP contribution in [0.1, 0.15) is 5.56 Å². The second kappa shape index (κ2) is 8.87. The van der Waals surface area contributed by atoms with Gasteiger partial charge in [-0.3, -0.25) is 4.79 Å². The Kier molecular flexibility index (Phi) is 6.58. The molecule has 0 saturated heterocycles. The van der Waals surface area contributed by atoms with Crippen LogP contribution in [0.5, 0.6) is 0 Å². The van der Waals surface area contributed by atoms with E-state index in [0.717, 1.165) is 16.7 Å². The molecule has 134 valence electrons. The first kappa shape index (κ1) is 19.3. The van der Waals surface area contributed by atoms with Gasteiger partial charge in [0.15, 0.2) is 0 Å². The molecule has 0 aliphatic carbocycles. The second-order valence-corrected chi connectivity index (χ2v) is 5.74. The molecule has 3 rings (SSSR count). The van der Waals surface area contributed by atoms with E-state index in [2.05, 4.69) is 10.6 Å². The predicted molar refractivity (Wildman–Crippen MR) is 107 cm³/mol.